The maximum atomic E-state index is 9.76. The zero-order valence-corrected chi connectivity index (χ0v) is 7.65. The molecule has 0 saturated carbocycles. The van der Waals surface area contributed by atoms with Crippen LogP contribution in [0.4, 0.5) is 0 Å². The third-order valence-corrected chi connectivity index (χ3v) is 1.11. The van der Waals surface area contributed by atoms with Gasteiger partial charge in [-0.15, -0.1) is 0 Å². The number of aliphatic hydroxyl groups is 1. The van der Waals surface area contributed by atoms with Gasteiger partial charge in [0.1, 0.15) is 0 Å². The zero-order valence-electron chi connectivity index (χ0n) is 4.83. The molecule has 44 valence electrons. The fourth-order valence-corrected chi connectivity index (χ4v) is 0.564. The molecule has 2 N–H and O–H groups in total. The van der Waals surface area contributed by atoms with Crippen molar-refractivity contribution in [3.8, 4) is 0 Å². The summed E-state index contributed by atoms with van der Waals surface area (Å²) < 4.78 is 17.8. The number of hydrogen-bond donors (Lipinski definition) is 2. The Kier molecular flexibility index (Phi) is 11.9. The molecular formula is C3H8NaO3S+. The van der Waals surface area contributed by atoms with Crippen molar-refractivity contribution in [1.82, 2.24) is 0 Å². The fourth-order valence-electron chi connectivity index (χ4n) is 0.188. The van der Waals surface area contributed by atoms with E-state index >= 15 is 0 Å². The van der Waals surface area contributed by atoms with Gasteiger partial charge in [-0.1, -0.05) is 0 Å². The van der Waals surface area contributed by atoms with E-state index in [9.17, 15) is 4.21 Å². The van der Waals surface area contributed by atoms with Crippen molar-refractivity contribution in [2.45, 2.75) is 6.42 Å². The summed E-state index contributed by atoms with van der Waals surface area (Å²) >= 11 is -1.73. The van der Waals surface area contributed by atoms with Crippen molar-refractivity contribution in [3.63, 3.8) is 0 Å². The number of hydrogen-bond acceptors (Lipinski definition) is 2. The van der Waals surface area contributed by atoms with Crippen molar-refractivity contribution < 1.29 is 43.4 Å². The minimum Gasteiger partial charge on any atom is -0.396 e. The Balaban J connectivity index is 0. The molecule has 0 aliphatic heterocycles. The van der Waals surface area contributed by atoms with E-state index in [-0.39, 0.29) is 41.9 Å². The molecule has 0 aliphatic rings. The van der Waals surface area contributed by atoms with Gasteiger partial charge in [-0.25, -0.2) is 4.21 Å². The van der Waals surface area contributed by atoms with Gasteiger partial charge in [0.25, 0.3) is 0 Å². The summed E-state index contributed by atoms with van der Waals surface area (Å²) in [6.45, 7) is -0.00764. The van der Waals surface area contributed by atoms with Crippen LogP contribution in [0, 0.1) is 0 Å². The van der Waals surface area contributed by atoms with Crippen LogP contribution in [0.1, 0.15) is 6.42 Å². The van der Waals surface area contributed by atoms with Gasteiger partial charge in [0, 0.05) is 6.61 Å². The Hall–Kier alpha value is 1.07. The van der Waals surface area contributed by atoms with Crippen LogP contribution in [-0.4, -0.2) is 26.2 Å². The fraction of sp³-hybridized carbons (Fsp3) is 1.00. The Morgan fingerprint density at radius 2 is 2.00 bits per heavy atom. The third-order valence-electron chi connectivity index (χ3n) is 0.477. The maximum absolute atomic E-state index is 9.76. The molecule has 0 spiro atoms. The van der Waals surface area contributed by atoms with Gasteiger partial charge < -0.3 is 9.66 Å². The summed E-state index contributed by atoms with van der Waals surface area (Å²) in [6.07, 6.45) is 0.406. The molecule has 0 fully saturated rings. The predicted molar refractivity (Wildman–Crippen MR) is 27.3 cm³/mol. The second-order valence-corrected chi connectivity index (χ2v) is 2.15. The SMILES string of the molecule is O=S(O)CCCO.[Na+]. The maximum Gasteiger partial charge on any atom is 1.00 e. The summed E-state index contributed by atoms with van der Waals surface area (Å²) in [5.41, 5.74) is 0. The van der Waals surface area contributed by atoms with E-state index in [0.29, 0.717) is 6.42 Å². The topological polar surface area (TPSA) is 57.5 Å². The summed E-state index contributed by atoms with van der Waals surface area (Å²) in [5, 5.41) is 8.07. The molecule has 5 heteroatoms. The monoisotopic (exact) mass is 147 g/mol. The van der Waals surface area contributed by atoms with Gasteiger partial charge in [0.05, 0.1) is 5.75 Å². The molecule has 0 radical (unpaired) electrons. The zero-order chi connectivity index (χ0) is 5.70. The van der Waals surface area contributed by atoms with Crippen LogP contribution in [0.15, 0.2) is 0 Å². The van der Waals surface area contributed by atoms with E-state index in [1.807, 2.05) is 0 Å². The molecule has 0 aromatic carbocycles. The number of rotatable bonds is 3. The van der Waals surface area contributed by atoms with Crippen LogP contribution >= 0.6 is 0 Å². The van der Waals surface area contributed by atoms with Crippen molar-refractivity contribution in [3.05, 3.63) is 0 Å². The molecule has 8 heavy (non-hydrogen) atoms. The largest absolute Gasteiger partial charge is 1.00 e. The van der Waals surface area contributed by atoms with E-state index in [1.165, 1.54) is 0 Å². The van der Waals surface area contributed by atoms with Crippen molar-refractivity contribution in [1.29, 1.82) is 0 Å². The smallest absolute Gasteiger partial charge is 0.396 e. The van der Waals surface area contributed by atoms with Crippen LogP contribution < -0.4 is 29.6 Å². The van der Waals surface area contributed by atoms with Crippen LogP contribution in [0.3, 0.4) is 0 Å². The minimum atomic E-state index is -1.73. The first-order valence-electron chi connectivity index (χ1n) is 1.95. The molecule has 0 aromatic heterocycles. The number of aliphatic hydroxyl groups excluding tert-OH is 1. The first kappa shape index (κ1) is 11.8. The average molecular weight is 147 g/mol. The molecule has 0 aromatic rings. The second-order valence-electron chi connectivity index (χ2n) is 1.10. The van der Waals surface area contributed by atoms with Crippen molar-refractivity contribution in [2.75, 3.05) is 12.4 Å². The quantitative estimate of drug-likeness (QED) is 0.323. The molecule has 0 saturated heterocycles. The normalized spacial score (nSPS) is 12.2. The summed E-state index contributed by atoms with van der Waals surface area (Å²) in [6, 6.07) is 0. The molecule has 1 unspecified atom stereocenters. The molecule has 0 amide bonds. The summed E-state index contributed by atoms with van der Waals surface area (Å²) in [7, 11) is 0. The Labute approximate surface area is 73.1 Å². The van der Waals surface area contributed by atoms with Crippen LogP contribution in [-0.2, 0) is 11.1 Å². The van der Waals surface area contributed by atoms with Gasteiger partial charge in [0.2, 0.25) is 0 Å². The average Bonchev–Trinajstić information content (AvgIpc) is 1.61. The molecule has 0 heterocycles. The van der Waals surface area contributed by atoms with Gasteiger partial charge >= 0.3 is 29.6 Å². The Morgan fingerprint density at radius 1 is 1.50 bits per heavy atom. The summed E-state index contributed by atoms with van der Waals surface area (Å²) in [4.78, 5) is 0. The first-order chi connectivity index (χ1) is 3.27. The minimum absolute atomic E-state index is 0. The summed E-state index contributed by atoms with van der Waals surface area (Å²) in [5.74, 6) is 0.177. The second kappa shape index (κ2) is 8.07. The van der Waals surface area contributed by atoms with Crippen molar-refractivity contribution in [2.24, 2.45) is 0 Å². The Morgan fingerprint density at radius 3 is 2.12 bits per heavy atom. The van der Waals surface area contributed by atoms with Gasteiger partial charge in [-0.05, 0) is 6.42 Å². The van der Waals surface area contributed by atoms with E-state index in [2.05, 4.69) is 0 Å². The van der Waals surface area contributed by atoms with Crippen molar-refractivity contribution >= 4 is 11.1 Å². The van der Waals surface area contributed by atoms with Gasteiger partial charge in [-0.3, -0.25) is 0 Å². The van der Waals surface area contributed by atoms with Crippen LogP contribution in [0.5, 0.6) is 0 Å². The molecule has 0 aliphatic carbocycles. The van der Waals surface area contributed by atoms with Gasteiger partial charge in [-0.2, -0.15) is 0 Å². The molecule has 1 atom stereocenters. The predicted octanol–water partition coefficient (Wildman–Crippen LogP) is -3.41. The van der Waals surface area contributed by atoms with Crippen LogP contribution in [0.25, 0.3) is 0 Å². The van der Waals surface area contributed by atoms with E-state index in [1.54, 1.807) is 0 Å². The molecule has 0 rings (SSSR count). The standard InChI is InChI=1S/C3H8O3S.Na/c4-2-1-3-7(5)6;/h4H,1-3H2,(H,5,6);/q;+1. The molecule has 3 nitrogen and oxygen atoms in total. The van der Waals surface area contributed by atoms with Gasteiger partial charge in [0.15, 0.2) is 11.1 Å². The molecule has 0 bridgehead atoms. The van der Waals surface area contributed by atoms with Crippen LogP contribution in [0.2, 0.25) is 0 Å². The van der Waals surface area contributed by atoms with E-state index in [0.717, 1.165) is 0 Å². The Bertz CT molecular complexity index is 67.5. The van der Waals surface area contributed by atoms with E-state index in [4.69, 9.17) is 9.66 Å². The van der Waals surface area contributed by atoms with E-state index < -0.39 is 11.1 Å². The first-order valence-corrected chi connectivity index (χ1v) is 3.23. The molecular weight excluding hydrogens is 139 g/mol. The third kappa shape index (κ3) is 10.1.